The molecule has 3 nitrogen and oxygen atoms in total. The van der Waals surface area contributed by atoms with Gasteiger partial charge in [0.05, 0.1) is 10.2 Å². The van der Waals surface area contributed by atoms with Gasteiger partial charge in [0.2, 0.25) is 0 Å². The number of fused-ring (bicyclic) bond motifs is 1. The first-order valence-electron chi connectivity index (χ1n) is 5.51. The van der Waals surface area contributed by atoms with Crippen molar-refractivity contribution in [3.63, 3.8) is 0 Å². The summed E-state index contributed by atoms with van der Waals surface area (Å²) in [7, 11) is 0. The molecule has 0 bridgehead atoms. The zero-order valence-corrected chi connectivity index (χ0v) is 11.0. The second-order valence-electron chi connectivity index (χ2n) is 3.83. The van der Waals surface area contributed by atoms with Crippen molar-refractivity contribution in [2.24, 2.45) is 0 Å². The zero-order chi connectivity index (χ0) is 12.4. The molecule has 0 aliphatic rings. The smallest absolute Gasteiger partial charge is 0.184 e. The van der Waals surface area contributed by atoms with Crippen LogP contribution in [0, 0.1) is 0 Å². The molecule has 18 heavy (non-hydrogen) atoms. The molecular weight excluding hydrogens is 266 g/mol. The summed E-state index contributed by atoms with van der Waals surface area (Å²) in [6.07, 6.45) is 1.77. The van der Waals surface area contributed by atoms with Crippen LogP contribution in [0.4, 0.5) is 5.13 Å². The van der Waals surface area contributed by atoms with Crippen LogP contribution in [0.2, 0.25) is 5.15 Å². The van der Waals surface area contributed by atoms with Crippen LogP contribution in [-0.2, 0) is 6.54 Å². The van der Waals surface area contributed by atoms with E-state index in [4.69, 9.17) is 11.6 Å². The van der Waals surface area contributed by atoms with Crippen molar-refractivity contribution in [1.82, 2.24) is 9.97 Å². The summed E-state index contributed by atoms with van der Waals surface area (Å²) in [4.78, 5) is 8.55. The van der Waals surface area contributed by atoms with Gasteiger partial charge in [0.25, 0.3) is 0 Å². The monoisotopic (exact) mass is 275 g/mol. The summed E-state index contributed by atoms with van der Waals surface area (Å²) in [5, 5.41) is 4.73. The Hall–Kier alpha value is -1.65. The van der Waals surface area contributed by atoms with E-state index in [9.17, 15) is 0 Å². The standard InChI is InChI=1S/C13H10ClN3S/c14-12-6-5-9(7-15-12)8-16-13-17-10-3-1-2-4-11(10)18-13/h1-7H,8H2,(H,16,17). The quantitative estimate of drug-likeness (QED) is 0.735. The Kier molecular flexibility index (Phi) is 3.13. The highest BCUT2D eigenvalue weighted by molar-refractivity contribution is 7.22. The summed E-state index contributed by atoms with van der Waals surface area (Å²) < 4.78 is 1.19. The van der Waals surface area contributed by atoms with Crippen LogP contribution in [0.3, 0.4) is 0 Å². The van der Waals surface area contributed by atoms with E-state index in [-0.39, 0.29) is 0 Å². The molecule has 0 unspecified atom stereocenters. The molecule has 0 amide bonds. The number of halogens is 1. The van der Waals surface area contributed by atoms with Gasteiger partial charge in [-0.15, -0.1) is 0 Å². The Morgan fingerprint density at radius 3 is 2.83 bits per heavy atom. The number of benzene rings is 1. The number of thiazole rings is 1. The van der Waals surface area contributed by atoms with Gasteiger partial charge in [0.15, 0.2) is 5.13 Å². The highest BCUT2D eigenvalue weighted by atomic mass is 35.5. The SMILES string of the molecule is Clc1ccc(CNc2nc3ccccc3s2)cn1. The lowest BCUT2D eigenvalue weighted by Gasteiger charge is -2.01. The third-order valence-corrected chi connectivity index (χ3v) is 3.74. The van der Waals surface area contributed by atoms with Gasteiger partial charge in [-0.2, -0.15) is 0 Å². The lowest BCUT2D eigenvalue weighted by Crippen LogP contribution is -1.98. The molecule has 0 saturated carbocycles. The number of hydrogen-bond acceptors (Lipinski definition) is 4. The molecule has 0 aliphatic carbocycles. The Balaban J connectivity index is 1.74. The third kappa shape index (κ3) is 2.44. The van der Waals surface area contributed by atoms with Gasteiger partial charge in [0.1, 0.15) is 5.15 Å². The molecule has 1 N–H and O–H groups in total. The molecule has 0 atom stereocenters. The molecule has 0 radical (unpaired) electrons. The number of anilines is 1. The van der Waals surface area contributed by atoms with Crippen molar-refractivity contribution in [3.8, 4) is 0 Å². The van der Waals surface area contributed by atoms with Crippen LogP contribution in [0.5, 0.6) is 0 Å². The first-order valence-corrected chi connectivity index (χ1v) is 6.70. The maximum Gasteiger partial charge on any atom is 0.184 e. The van der Waals surface area contributed by atoms with E-state index in [2.05, 4.69) is 21.4 Å². The first-order chi connectivity index (χ1) is 8.81. The summed E-state index contributed by atoms with van der Waals surface area (Å²) in [5.74, 6) is 0. The average molecular weight is 276 g/mol. The van der Waals surface area contributed by atoms with Crippen molar-refractivity contribution in [2.45, 2.75) is 6.54 Å². The normalized spacial score (nSPS) is 10.7. The molecule has 3 aromatic rings. The van der Waals surface area contributed by atoms with Crippen LogP contribution in [-0.4, -0.2) is 9.97 Å². The van der Waals surface area contributed by atoms with E-state index in [0.717, 1.165) is 16.2 Å². The minimum Gasteiger partial charge on any atom is -0.357 e. The van der Waals surface area contributed by atoms with E-state index in [1.165, 1.54) is 4.70 Å². The van der Waals surface area contributed by atoms with Crippen LogP contribution in [0.25, 0.3) is 10.2 Å². The topological polar surface area (TPSA) is 37.8 Å². The van der Waals surface area contributed by atoms with Gasteiger partial charge >= 0.3 is 0 Å². The highest BCUT2D eigenvalue weighted by Gasteiger charge is 2.02. The molecule has 0 fully saturated rings. The molecule has 0 spiro atoms. The maximum atomic E-state index is 5.74. The predicted octanol–water partition coefficient (Wildman–Crippen LogP) is 3.96. The second-order valence-corrected chi connectivity index (χ2v) is 5.25. The number of para-hydroxylation sites is 1. The lowest BCUT2D eigenvalue weighted by atomic mass is 10.3. The Morgan fingerprint density at radius 2 is 2.06 bits per heavy atom. The predicted molar refractivity (Wildman–Crippen MR) is 76.2 cm³/mol. The number of aromatic nitrogens is 2. The number of nitrogens with zero attached hydrogens (tertiary/aromatic N) is 2. The zero-order valence-electron chi connectivity index (χ0n) is 9.43. The van der Waals surface area contributed by atoms with E-state index in [1.807, 2.05) is 24.3 Å². The van der Waals surface area contributed by atoms with Crippen molar-refractivity contribution in [2.75, 3.05) is 5.32 Å². The third-order valence-electron chi connectivity index (χ3n) is 2.53. The fourth-order valence-corrected chi connectivity index (χ4v) is 2.61. The minimum atomic E-state index is 0.513. The number of pyridine rings is 1. The summed E-state index contributed by atoms with van der Waals surface area (Å²) in [6, 6.07) is 11.8. The number of nitrogens with one attached hydrogen (secondary N) is 1. The van der Waals surface area contributed by atoms with Crippen LogP contribution in [0.1, 0.15) is 5.56 Å². The van der Waals surface area contributed by atoms with Crippen LogP contribution in [0.15, 0.2) is 42.6 Å². The van der Waals surface area contributed by atoms with E-state index in [1.54, 1.807) is 23.6 Å². The van der Waals surface area contributed by atoms with Gasteiger partial charge in [-0.25, -0.2) is 9.97 Å². The van der Waals surface area contributed by atoms with E-state index >= 15 is 0 Å². The second kappa shape index (κ2) is 4.92. The highest BCUT2D eigenvalue weighted by Crippen LogP contribution is 2.25. The summed E-state index contributed by atoms with van der Waals surface area (Å²) in [5.41, 5.74) is 2.11. The van der Waals surface area contributed by atoms with Gasteiger partial charge in [-0.1, -0.05) is 41.1 Å². The lowest BCUT2D eigenvalue weighted by molar-refractivity contribution is 1.11. The maximum absolute atomic E-state index is 5.74. The molecule has 2 heterocycles. The van der Waals surface area contributed by atoms with Gasteiger partial charge < -0.3 is 5.32 Å². The fourth-order valence-electron chi connectivity index (χ4n) is 1.64. The number of rotatable bonds is 3. The van der Waals surface area contributed by atoms with E-state index in [0.29, 0.717) is 11.7 Å². The van der Waals surface area contributed by atoms with Crippen LogP contribution < -0.4 is 5.32 Å². The molecular formula is C13H10ClN3S. The summed E-state index contributed by atoms with van der Waals surface area (Å²) in [6.45, 7) is 0.698. The molecule has 90 valence electrons. The number of hydrogen-bond donors (Lipinski definition) is 1. The fraction of sp³-hybridized carbons (Fsp3) is 0.0769. The van der Waals surface area contributed by atoms with Crippen molar-refractivity contribution < 1.29 is 0 Å². The van der Waals surface area contributed by atoms with Crippen molar-refractivity contribution in [1.29, 1.82) is 0 Å². The summed E-state index contributed by atoms with van der Waals surface area (Å²) >= 11 is 7.39. The Bertz CT molecular complexity index is 630. The molecule has 0 aliphatic heterocycles. The molecule has 0 saturated heterocycles. The molecule has 3 rings (SSSR count). The molecule has 2 aromatic heterocycles. The Morgan fingerprint density at radius 1 is 1.17 bits per heavy atom. The molecule has 1 aromatic carbocycles. The first kappa shape index (κ1) is 11.4. The largest absolute Gasteiger partial charge is 0.357 e. The minimum absolute atomic E-state index is 0.513. The average Bonchev–Trinajstić information content (AvgIpc) is 2.81. The van der Waals surface area contributed by atoms with Crippen molar-refractivity contribution >= 4 is 38.3 Å². The van der Waals surface area contributed by atoms with Crippen LogP contribution >= 0.6 is 22.9 Å². The molecule has 5 heteroatoms. The van der Waals surface area contributed by atoms with Crippen molar-refractivity contribution in [3.05, 3.63) is 53.3 Å². The van der Waals surface area contributed by atoms with E-state index < -0.39 is 0 Å². The van der Waals surface area contributed by atoms with Gasteiger partial charge in [-0.05, 0) is 23.8 Å². The van der Waals surface area contributed by atoms with Gasteiger partial charge in [-0.3, -0.25) is 0 Å². The Labute approximate surface area is 113 Å². The van der Waals surface area contributed by atoms with Gasteiger partial charge in [0, 0.05) is 12.7 Å².